The monoisotopic (exact) mass is 387 g/mol. The molecule has 0 aliphatic heterocycles. The fraction of sp³-hybridized carbons (Fsp3) is 0.381. The van der Waals surface area contributed by atoms with E-state index in [1.54, 1.807) is 14.2 Å². The lowest BCUT2D eigenvalue weighted by Gasteiger charge is -2.13. The smallest absolute Gasteiger partial charge is 0.161 e. The fourth-order valence-electron chi connectivity index (χ4n) is 3.26. The number of nitrogens with zero attached hydrogens (tertiary/aromatic N) is 3. The zero-order chi connectivity index (χ0) is 19.4. The summed E-state index contributed by atoms with van der Waals surface area (Å²) < 4.78 is 13.1. The van der Waals surface area contributed by atoms with Crippen molar-refractivity contribution in [3.05, 3.63) is 52.8 Å². The SMILES string of the molecule is COc1ccc(Cc2nc3cc(Cl)ccc3n2CCCN(C)C)cc1OC. The van der Waals surface area contributed by atoms with Gasteiger partial charge in [-0.05, 0) is 63.0 Å². The van der Waals surface area contributed by atoms with Gasteiger partial charge < -0.3 is 18.9 Å². The van der Waals surface area contributed by atoms with Gasteiger partial charge in [0.25, 0.3) is 0 Å². The average Bonchev–Trinajstić information content (AvgIpc) is 2.97. The van der Waals surface area contributed by atoms with Crippen LogP contribution in [0.1, 0.15) is 17.8 Å². The Balaban J connectivity index is 1.94. The molecule has 144 valence electrons. The minimum Gasteiger partial charge on any atom is -0.493 e. The average molecular weight is 388 g/mol. The van der Waals surface area contributed by atoms with Crippen molar-refractivity contribution in [1.29, 1.82) is 0 Å². The molecule has 0 radical (unpaired) electrons. The Kier molecular flexibility index (Phi) is 6.24. The van der Waals surface area contributed by atoms with Crippen molar-refractivity contribution in [3.8, 4) is 11.5 Å². The number of aromatic nitrogens is 2. The van der Waals surface area contributed by atoms with Crippen molar-refractivity contribution in [2.24, 2.45) is 0 Å². The van der Waals surface area contributed by atoms with Gasteiger partial charge in [0.15, 0.2) is 11.5 Å². The van der Waals surface area contributed by atoms with Gasteiger partial charge in [-0.2, -0.15) is 0 Å². The van der Waals surface area contributed by atoms with Crippen LogP contribution < -0.4 is 9.47 Å². The Labute approximate surface area is 165 Å². The minimum absolute atomic E-state index is 0.707. The molecule has 3 rings (SSSR count). The number of fused-ring (bicyclic) bond motifs is 1. The first-order valence-electron chi connectivity index (χ1n) is 9.02. The first kappa shape index (κ1) is 19.5. The number of hydrogen-bond acceptors (Lipinski definition) is 4. The highest BCUT2D eigenvalue weighted by atomic mass is 35.5. The Morgan fingerprint density at radius 2 is 1.81 bits per heavy atom. The molecule has 1 heterocycles. The zero-order valence-corrected chi connectivity index (χ0v) is 17.1. The highest BCUT2D eigenvalue weighted by Gasteiger charge is 2.13. The van der Waals surface area contributed by atoms with Crippen molar-refractivity contribution in [2.45, 2.75) is 19.4 Å². The molecule has 0 spiro atoms. The summed E-state index contributed by atoms with van der Waals surface area (Å²) in [6.45, 7) is 1.95. The number of halogens is 1. The molecule has 0 atom stereocenters. The zero-order valence-electron chi connectivity index (χ0n) is 16.3. The molecule has 6 heteroatoms. The molecule has 0 bridgehead atoms. The van der Waals surface area contributed by atoms with Gasteiger partial charge >= 0.3 is 0 Å². The minimum atomic E-state index is 0.707. The molecule has 3 aromatic rings. The van der Waals surface area contributed by atoms with Crippen molar-refractivity contribution >= 4 is 22.6 Å². The van der Waals surface area contributed by atoms with E-state index in [9.17, 15) is 0 Å². The van der Waals surface area contributed by atoms with Gasteiger partial charge in [-0.15, -0.1) is 0 Å². The summed E-state index contributed by atoms with van der Waals surface area (Å²) in [6, 6.07) is 11.9. The molecule has 27 heavy (non-hydrogen) atoms. The maximum Gasteiger partial charge on any atom is 0.161 e. The highest BCUT2D eigenvalue weighted by molar-refractivity contribution is 6.31. The van der Waals surface area contributed by atoms with E-state index in [1.165, 1.54) is 0 Å². The van der Waals surface area contributed by atoms with Crippen molar-refractivity contribution in [1.82, 2.24) is 14.5 Å². The summed E-state index contributed by atoms with van der Waals surface area (Å²) in [5, 5.41) is 0.707. The first-order chi connectivity index (χ1) is 13.0. The summed E-state index contributed by atoms with van der Waals surface area (Å²) in [5.41, 5.74) is 3.18. The predicted molar refractivity (Wildman–Crippen MR) is 110 cm³/mol. The molecule has 0 saturated heterocycles. The Bertz CT molecular complexity index is 921. The largest absolute Gasteiger partial charge is 0.493 e. The Morgan fingerprint density at radius 1 is 1.04 bits per heavy atom. The van der Waals surface area contributed by atoms with Crippen LogP contribution in [0.3, 0.4) is 0 Å². The third-order valence-electron chi connectivity index (χ3n) is 4.59. The van der Waals surface area contributed by atoms with E-state index in [2.05, 4.69) is 35.7 Å². The second-order valence-corrected chi connectivity index (χ2v) is 7.27. The van der Waals surface area contributed by atoms with Crippen LogP contribution in [-0.4, -0.2) is 49.3 Å². The number of benzene rings is 2. The van der Waals surface area contributed by atoms with Crippen LogP contribution in [0.2, 0.25) is 5.02 Å². The summed E-state index contributed by atoms with van der Waals surface area (Å²) in [7, 11) is 7.48. The molecule has 5 nitrogen and oxygen atoms in total. The number of methoxy groups -OCH3 is 2. The van der Waals surface area contributed by atoms with E-state index < -0.39 is 0 Å². The number of rotatable bonds is 8. The molecule has 0 unspecified atom stereocenters. The van der Waals surface area contributed by atoms with Crippen molar-refractivity contribution < 1.29 is 9.47 Å². The van der Waals surface area contributed by atoms with Crippen molar-refractivity contribution in [2.75, 3.05) is 34.9 Å². The second kappa shape index (κ2) is 8.63. The molecular weight excluding hydrogens is 362 g/mol. The van der Waals surface area contributed by atoms with Gasteiger partial charge in [-0.3, -0.25) is 0 Å². The lowest BCUT2D eigenvalue weighted by atomic mass is 10.1. The van der Waals surface area contributed by atoms with E-state index in [0.717, 1.165) is 53.4 Å². The molecule has 0 fully saturated rings. The predicted octanol–water partition coefficient (Wildman–Crippen LogP) is 4.25. The van der Waals surface area contributed by atoms with E-state index in [4.69, 9.17) is 26.1 Å². The summed E-state index contributed by atoms with van der Waals surface area (Å²) in [4.78, 5) is 7.06. The lowest BCUT2D eigenvalue weighted by molar-refractivity contribution is 0.354. The molecular formula is C21H26ClN3O2. The van der Waals surface area contributed by atoms with Gasteiger partial charge in [0.05, 0.1) is 25.3 Å². The van der Waals surface area contributed by atoms with Crippen LogP contribution in [0.15, 0.2) is 36.4 Å². The van der Waals surface area contributed by atoms with Crippen molar-refractivity contribution in [3.63, 3.8) is 0 Å². The third-order valence-corrected chi connectivity index (χ3v) is 4.82. The van der Waals surface area contributed by atoms with Crippen LogP contribution in [0.5, 0.6) is 11.5 Å². The van der Waals surface area contributed by atoms with Gasteiger partial charge in [-0.25, -0.2) is 4.98 Å². The van der Waals surface area contributed by atoms with Gasteiger partial charge in [0.1, 0.15) is 5.82 Å². The van der Waals surface area contributed by atoms with Crippen LogP contribution in [0.25, 0.3) is 11.0 Å². The van der Waals surface area contributed by atoms with E-state index in [0.29, 0.717) is 11.4 Å². The second-order valence-electron chi connectivity index (χ2n) is 6.84. The van der Waals surface area contributed by atoms with Crippen LogP contribution in [0, 0.1) is 0 Å². The summed E-state index contributed by atoms with van der Waals surface area (Å²) in [6.07, 6.45) is 1.77. The molecule has 0 aliphatic carbocycles. The Morgan fingerprint density at radius 3 is 2.52 bits per heavy atom. The van der Waals surface area contributed by atoms with E-state index in [1.807, 2.05) is 24.3 Å². The number of hydrogen-bond donors (Lipinski definition) is 0. The van der Waals surface area contributed by atoms with Gasteiger partial charge in [0.2, 0.25) is 0 Å². The molecule has 0 N–H and O–H groups in total. The van der Waals surface area contributed by atoms with Crippen LogP contribution >= 0.6 is 11.6 Å². The fourth-order valence-corrected chi connectivity index (χ4v) is 3.42. The molecule has 0 saturated carbocycles. The maximum absolute atomic E-state index is 6.17. The van der Waals surface area contributed by atoms with Gasteiger partial charge in [-0.1, -0.05) is 17.7 Å². The number of imidazole rings is 1. The topological polar surface area (TPSA) is 39.5 Å². The maximum atomic E-state index is 6.17. The summed E-state index contributed by atoms with van der Waals surface area (Å²) >= 11 is 6.17. The van der Waals surface area contributed by atoms with Gasteiger partial charge in [0, 0.05) is 18.0 Å². The molecule has 1 aromatic heterocycles. The lowest BCUT2D eigenvalue weighted by Crippen LogP contribution is -2.16. The third kappa shape index (κ3) is 4.54. The normalized spacial score (nSPS) is 11.3. The molecule has 0 aliphatic rings. The Hall–Kier alpha value is -2.24. The van der Waals surface area contributed by atoms with Crippen LogP contribution in [0.4, 0.5) is 0 Å². The molecule has 2 aromatic carbocycles. The van der Waals surface area contributed by atoms with Crippen LogP contribution in [-0.2, 0) is 13.0 Å². The standard InChI is InChI=1S/C21H26ClN3O2/c1-24(2)10-5-11-25-18-8-7-16(22)14-17(18)23-21(25)13-15-6-9-19(26-3)20(12-15)27-4/h6-9,12,14H,5,10-11,13H2,1-4H3. The molecule has 0 amide bonds. The number of ether oxygens (including phenoxy) is 2. The van der Waals surface area contributed by atoms with E-state index in [-0.39, 0.29) is 0 Å². The summed E-state index contributed by atoms with van der Waals surface area (Å²) in [5.74, 6) is 2.49. The highest BCUT2D eigenvalue weighted by Crippen LogP contribution is 2.29. The quantitative estimate of drug-likeness (QED) is 0.579. The van der Waals surface area contributed by atoms with E-state index >= 15 is 0 Å². The number of aryl methyl sites for hydroxylation is 1. The first-order valence-corrected chi connectivity index (χ1v) is 9.40.